The van der Waals surface area contributed by atoms with Gasteiger partial charge in [0.05, 0.1) is 12.0 Å². The summed E-state index contributed by atoms with van der Waals surface area (Å²) in [5, 5.41) is 9.44. The molecule has 1 saturated heterocycles. The van der Waals surface area contributed by atoms with Crippen LogP contribution in [0.5, 0.6) is 0 Å². The standard InChI is InChI=1S/C13H16F3NO/c14-13(15,16)11-9-17(7-6-12(11)18)8-10-4-2-1-3-5-10/h1-5,11-12,18H,6-9H2/t11-,12-/m1/s1. The molecular weight excluding hydrogens is 243 g/mol. The van der Waals surface area contributed by atoms with Gasteiger partial charge in [0, 0.05) is 19.6 Å². The average Bonchev–Trinajstić information content (AvgIpc) is 2.31. The third kappa shape index (κ3) is 3.23. The molecule has 1 aromatic carbocycles. The molecular formula is C13H16F3NO. The first-order chi connectivity index (χ1) is 8.47. The van der Waals surface area contributed by atoms with Crippen LogP contribution in [0.25, 0.3) is 0 Å². The Bertz CT molecular complexity index is 380. The molecule has 2 nitrogen and oxygen atoms in total. The van der Waals surface area contributed by atoms with Gasteiger partial charge in [-0.3, -0.25) is 4.90 Å². The first-order valence-electron chi connectivity index (χ1n) is 5.98. The van der Waals surface area contributed by atoms with Gasteiger partial charge in [-0.05, 0) is 12.0 Å². The molecule has 5 heteroatoms. The molecule has 0 aliphatic carbocycles. The van der Waals surface area contributed by atoms with Gasteiger partial charge in [-0.1, -0.05) is 30.3 Å². The van der Waals surface area contributed by atoms with Gasteiger partial charge in [0.25, 0.3) is 0 Å². The summed E-state index contributed by atoms with van der Waals surface area (Å²) in [6.07, 6.45) is -5.41. The van der Waals surface area contributed by atoms with Gasteiger partial charge < -0.3 is 5.11 Å². The second-order valence-corrected chi connectivity index (χ2v) is 4.72. The van der Waals surface area contributed by atoms with Crippen molar-refractivity contribution in [2.75, 3.05) is 13.1 Å². The molecule has 0 unspecified atom stereocenters. The maximum atomic E-state index is 12.7. The van der Waals surface area contributed by atoms with Gasteiger partial charge in [0.2, 0.25) is 0 Å². The fraction of sp³-hybridized carbons (Fsp3) is 0.538. The molecule has 1 N–H and O–H groups in total. The highest BCUT2D eigenvalue weighted by Gasteiger charge is 2.46. The van der Waals surface area contributed by atoms with Crippen molar-refractivity contribution in [3.63, 3.8) is 0 Å². The summed E-state index contributed by atoms with van der Waals surface area (Å²) in [6.45, 7) is 0.877. The van der Waals surface area contributed by atoms with Crippen LogP contribution >= 0.6 is 0 Å². The number of aliphatic hydroxyl groups excluding tert-OH is 1. The van der Waals surface area contributed by atoms with E-state index in [1.807, 2.05) is 30.3 Å². The molecule has 0 amide bonds. The van der Waals surface area contributed by atoms with E-state index >= 15 is 0 Å². The predicted molar refractivity (Wildman–Crippen MR) is 61.9 cm³/mol. The molecule has 18 heavy (non-hydrogen) atoms. The van der Waals surface area contributed by atoms with E-state index in [4.69, 9.17) is 0 Å². The Labute approximate surface area is 104 Å². The summed E-state index contributed by atoms with van der Waals surface area (Å²) < 4.78 is 38.2. The van der Waals surface area contributed by atoms with Crippen LogP contribution in [0.2, 0.25) is 0 Å². The van der Waals surface area contributed by atoms with E-state index in [2.05, 4.69) is 0 Å². The van der Waals surface area contributed by atoms with Crippen LogP contribution in [0.4, 0.5) is 13.2 Å². The highest BCUT2D eigenvalue weighted by molar-refractivity contribution is 5.14. The Morgan fingerprint density at radius 2 is 1.89 bits per heavy atom. The zero-order valence-corrected chi connectivity index (χ0v) is 9.90. The van der Waals surface area contributed by atoms with Gasteiger partial charge in [-0.2, -0.15) is 13.2 Å². The van der Waals surface area contributed by atoms with Crippen LogP contribution in [-0.4, -0.2) is 35.4 Å². The van der Waals surface area contributed by atoms with Crippen LogP contribution in [0, 0.1) is 5.92 Å². The zero-order valence-electron chi connectivity index (χ0n) is 9.90. The quantitative estimate of drug-likeness (QED) is 0.881. The number of hydrogen-bond acceptors (Lipinski definition) is 2. The number of piperidine rings is 1. The van der Waals surface area contributed by atoms with E-state index in [0.29, 0.717) is 13.1 Å². The first kappa shape index (κ1) is 13.4. The molecule has 1 fully saturated rings. The van der Waals surface area contributed by atoms with Crippen molar-refractivity contribution in [2.45, 2.75) is 25.2 Å². The molecule has 100 valence electrons. The molecule has 2 rings (SSSR count). The molecule has 0 bridgehead atoms. The number of aliphatic hydroxyl groups is 1. The second-order valence-electron chi connectivity index (χ2n) is 4.72. The topological polar surface area (TPSA) is 23.5 Å². The molecule has 1 heterocycles. The molecule has 1 aromatic rings. The van der Waals surface area contributed by atoms with Crippen molar-refractivity contribution in [2.24, 2.45) is 5.92 Å². The minimum Gasteiger partial charge on any atom is -0.392 e. The summed E-state index contributed by atoms with van der Waals surface area (Å²) in [6, 6.07) is 9.41. The van der Waals surface area contributed by atoms with E-state index in [-0.39, 0.29) is 13.0 Å². The molecule has 1 aliphatic heterocycles. The van der Waals surface area contributed by atoms with E-state index in [1.54, 1.807) is 4.90 Å². The highest BCUT2D eigenvalue weighted by Crippen LogP contribution is 2.33. The third-order valence-corrected chi connectivity index (χ3v) is 3.33. The maximum absolute atomic E-state index is 12.7. The average molecular weight is 259 g/mol. The molecule has 0 spiro atoms. The Morgan fingerprint density at radius 1 is 1.22 bits per heavy atom. The smallest absolute Gasteiger partial charge is 0.392 e. The molecule has 2 atom stereocenters. The normalized spacial score (nSPS) is 26.2. The van der Waals surface area contributed by atoms with E-state index in [9.17, 15) is 18.3 Å². The van der Waals surface area contributed by atoms with Gasteiger partial charge in [0.15, 0.2) is 0 Å². The van der Waals surface area contributed by atoms with E-state index in [0.717, 1.165) is 5.56 Å². The van der Waals surface area contributed by atoms with Gasteiger partial charge in [-0.15, -0.1) is 0 Å². The summed E-state index contributed by atoms with van der Waals surface area (Å²) in [5.41, 5.74) is 0.995. The lowest BCUT2D eigenvalue weighted by atomic mass is 9.94. The van der Waals surface area contributed by atoms with Crippen molar-refractivity contribution >= 4 is 0 Å². The lowest BCUT2D eigenvalue weighted by molar-refractivity contribution is -0.214. The number of nitrogens with zero attached hydrogens (tertiary/aromatic N) is 1. The van der Waals surface area contributed by atoms with Crippen LogP contribution < -0.4 is 0 Å². The van der Waals surface area contributed by atoms with Gasteiger partial charge >= 0.3 is 6.18 Å². The Balaban J connectivity index is 2.00. The molecule has 0 saturated carbocycles. The maximum Gasteiger partial charge on any atom is 0.395 e. The fourth-order valence-electron chi connectivity index (χ4n) is 2.31. The fourth-order valence-corrected chi connectivity index (χ4v) is 2.31. The summed E-state index contributed by atoms with van der Waals surface area (Å²) in [7, 11) is 0. The SMILES string of the molecule is O[C@@H]1CCN(Cc2ccccc2)C[C@H]1C(F)(F)F. The van der Waals surface area contributed by atoms with Crippen molar-refractivity contribution in [3.8, 4) is 0 Å². The Kier molecular flexibility index (Phi) is 3.92. The number of halogens is 3. The Morgan fingerprint density at radius 3 is 2.50 bits per heavy atom. The van der Waals surface area contributed by atoms with Crippen LogP contribution in [0.15, 0.2) is 30.3 Å². The van der Waals surface area contributed by atoms with Crippen molar-refractivity contribution in [1.82, 2.24) is 4.90 Å². The first-order valence-corrected chi connectivity index (χ1v) is 5.98. The summed E-state index contributed by atoms with van der Waals surface area (Å²) in [5.74, 6) is -1.63. The Hall–Kier alpha value is -1.07. The summed E-state index contributed by atoms with van der Waals surface area (Å²) >= 11 is 0. The number of benzene rings is 1. The second kappa shape index (κ2) is 5.28. The number of rotatable bonds is 2. The van der Waals surface area contributed by atoms with Crippen molar-refractivity contribution in [1.29, 1.82) is 0 Å². The zero-order chi connectivity index (χ0) is 13.2. The third-order valence-electron chi connectivity index (χ3n) is 3.33. The molecule has 1 aliphatic rings. The monoisotopic (exact) mass is 259 g/mol. The van der Waals surface area contributed by atoms with E-state index < -0.39 is 18.2 Å². The largest absolute Gasteiger partial charge is 0.395 e. The highest BCUT2D eigenvalue weighted by atomic mass is 19.4. The van der Waals surface area contributed by atoms with Gasteiger partial charge in [-0.25, -0.2) is 0 Å². The van der Waals surface area contributed by atoms with Crippen LogP contribution in [-0.2, 0) is 6.54 Å². The number of likely N-dealkylation sites (tertiary alicyclic amines) is 1. The van der Waals surface area contributed by atoms with Crippen LogP contribution in [0.1, 0.15) is 12.0 Å². The molecule has 0 radical (unpaired) electrons. The summed E-state index contributed by atoms with van der Waals surface area (Å²) in [4.78, 5) is 1.75. The van der Waals surface area contributed by atoms with Gasteiger partial charge in [0.1, 0.15) is 0 Å². The van der Waals surface area contributed by atoms with Crippen LogP contribution in [0.3, 0.4) is 0 Å². The van der Waals surface area contributed by atoms with E-state index in [1.165, 1.54) is 0 Å². The minimum atomic E-state index is -4.32. The predicted octanol–water partition coefficient (Wildman–Crippen LogP) is 2.43. The van der Waals surface area contributed by atoms with Crippen molar-refractivity contribution < 1.29 is 18.3 Å². The number of hydrogen-bond donors (Lipinski definition) is 1. The lowest BCUT2D eigenvalue weighted by Gasteiger charge is -2.37. The minimum absolute atomic E-state index is 0.125. The molecule has 0 aromatic heterocycles. The number of alkyl halides is 3. The van der Waals surface area contributed by atoms with Crippen molar-refractivity contribution in [3.05, 3.63) is 35.9 Å². The lowest BCUT2D eigenvalue weighted by Crippen LogP contribution is -2.48.